The standard InChI is InChI=1S/C20H26N2O6S/c1-15(14-28-19-8-6-5-7-18(19)27-4)21-20(23)13-22(2)29(24,25)17-11-9-16(26-3)10-12-17/h5-12,15H,13-14H2,1-4H3,(H,21,23). The zero-order valence-electron chi connectivity index (χ0n) is 16.9. The van der Waals surface area contributed by atoms with Crippen LogP contribution in [0.25, 0.3) is 0 Å². The van der Waals surface area contributed by atoms with Gasteiger partial charge in [-0.1, -0.05) is 12.1 Å². The fraction of sp³-hybridized carbons (Fsp3) is 0.350. The van der Waals surface area contributed by atoms with Gasteiger partial charge in [0.15, 0.2) is 11.5 Å². The molecule has 1 N–H and O–H groups in total. The Labute approximate surface area is 171 Å². The molecule has 0 saturated heterocycles. The van der Waals surface area contributed by atoms with E-state index in [1.165, 1.54) is 26.3 Å². The van der Waals surface area contributed by atoms with Crippen LogP contribution in [-0.4, -0.2) is 59.1 Å². The second-order valence-corrected chi connectivity index (χ2v) is 8.41. The maximum absolute atomic E-state index is 12.6. The van der Waals surface area contributed by atoms with E-state index >= 15 is 0 Å². The van der Waals surface area contributed by atoms with Crippen LogP contribution in [0.4, 0.5) is 0 Å². The lowest BCUT2D eigenvalue weighted by Crippen LogP contribution is -2.43. The molecule has 0 bridgehead atoms. The topological polar surface area (TPSA) is 94.2 Å². The van der Waals surface area contributed by atoms with Crippen LogP contribution in [0.1, 0.15) is 6.92 Å². The Morgan fingerprint density at radius 2 is 1.66 bits per heavy atom. The van der Waals surface area contributed by atoms with E-state index in [-0.39, 0.29) is 24.1 Å². The minimum Gasteiger partial charge on any atom is -0.497 e. The van der Waals surface area contributed by atoms with E-state index in [9.17, 15) is 13.2 Å². The highest BCUT2D eigenvalue weighted by atomic mass is 32.2. The second kappa shape index (κ2) is 10.1. The van der Waals surface area contributed by atoms with Crippen molar-refractivity contribution in [3.8, 4) is 17.2 Å². The number of carbonyl (C=O) groups excluding carboxylic acids is 1. The summed E-state index contributed by atoms with van der Waals surface area (Å²) in [5.41, 5.74) is 0. The van der Waals surface area contributed by atoms with Crippen LogP contribution in [0.15, 0.2) is 53.4 Å². The van der Waals surface area contributed by atoms with Crippen LogP contribution < -0.4 is 19.5 Å². The number of hydrogen-bond donors (Lipinski definition) is 1. The summed E-state index contributed by atoms with van der Waals surface area (Å²) in [6.45, 7) is 1.67. The normalized spacial score (nSPS) is 12.3. The molecular formula is C20H26N2O6S. The number of rotatable bonds is 10. The van der Waals surface area contributed by atoms with Crippen molar-refractivity contribution in [1.29, 1.82) is 0 Å². The van der Waals surface area contributed by atoms with Crippen LogP contribution in [-0.2, 0) is 14.8 Å². The molecule has 0 heterocycles. The van der Waals surface area contributed by atoms with Crippen LogP contribution >= 0.6 is 0 Å². The monoisotopic (exact) mass is 422 g/mol. The molecule has 29 heavy (non-hydrogen) atoms. The summed E-state index contributed by atoms with van der Waals surface area (Å²) >= 11 is 0. The SMILES string of the molecule is COc1ccc(S(=O)(=O)N(C)CC(=O)NC(C)COc2ccccc2OC)cc1. The van der Waals surface area contributed by atoms with E-state index in [1.54, 1.807) is 38.3 Å². The summed E-state index contributed by atoms with van der Waals surface area (Å²) in [5.74, 6) is 1.28. The molecule has 0 aliphatic carbocycles. The molecule has 0 aliphatic rings. The molecule has 1 amide bonds. The van der Waals surface area contributed by atoms with Crippen molar-refractivity contribution in [3.63, 3.8) is 0 Å². The maximum Gasteiger partial charge on any atom is 0.243 e. The number of nitrogens with zero attached hydrogens (tertiary/aromatic N) is 1. The third-order valence-electron chi connectivity index (χ3n) is 4.10. The highest BCUT2D eigenvalue weighted by Gasteiger charge is 2.23. The summed E-state index contributed by atoms with van der Waals surface area (Å²) in [5, 5.41) is 2.73. The van der Waals surface area contributed by atoms with E-state index in [4.69, 9.17) is 14.2 Å². The van der Waals surface area contributed by atoms with E-state index in [1.807, 2.05) is 12.1 Å². The van der Waals surface area contributed by atoms with E-state index in [2.05, 4.69) is 5.32 Å². The number of para-hydroxylation sites is 2. The molecule has 2 aromatic carbocycles. The predicted molar refractivity (Wildman–Crippen MR) is 109 cm³/mol. The lowest BCUT2D eigenvalue weighted by Gasteiger charge is -2.20. The fourth-order valence-electron chi connectivity index (χ4n) is 2.53. The number of benzene rings is 2. The van der Waals surface area contributed by atoms with Gasteiger partial charge in [0.25, 0.3) is 0 Å². The number of methoxy groups -OCH3 is 2. The van der Waals surface area contributed by atoms with Gasteiger partial charge in [0.1, 0.15) is 12.4 Å². The number of amides is 1. The number of hydrogen-bond acceptors (Lipinski definition) is 6. The van der Waals surface area contributed by atoms with Crippen LogP contribution in [0.3, 0.4) is 0 Å². The third kappa shape index (κ3) is 6.10. The van der Waals surface area contributed by atoms with Crippen LogP contribution in [0.5, 0.6) is 17.2 Å². The minimum absolute atomic E-state index is 0.0844. The summed E-state index contributed by atoms with van der Waals surface area (Å²) in [6, 6.07) is 12.8. The van der Waals surface area contributed by atoms with Crippen LogP contribution in [0, 0.1) is 0 Å². The van der Waals surface area contributed by atoms with Gasteiger partial charge in [0.2, 0.25) is 15.9 Å². The molecule has 1 atom stereocenters. The number of sulfonamides is 1. The lowest BCUT2D eigenvalue weighted by atomic mass is 10.3. The van der Waals surface area contributed by atoms with Gasteiger partial charge in [-0.25, -0.2) is 8.42 Å². The first-order valence-corrected chi connectivity index (χ1v) is 10.4. The number of carbonyl (C=O) groups is 1. The lowest BCUT2D eigenvalue weighted by molar-refractivity contribution is -0.121. The third-order valence-corrected chi connectivity index (χ3v) is 5.92. The first-order chi connectivity index (χ1) is 13.8. The highest BCUT2D eigenvalue weighted by Crippen LogP contribution is 2.25. The van der Waals surface area contributed by atoms with Crippen molar-refractivity contribution in [2.24, 2.45) is 0 Å². The Kier molecular flexibility index (Phi) is 7.86. The molecule has 8 nitrogen and oxygen atoms in total. The Balaban J connectivity index is 1.89. The van der Waals surface area contributed by atoms with E-state index in [0.717, 1.165) is 4.31 Å². The molecular weight excluding hydrogens is 396 g/mol. The minimum atomic E-state index is -3.79. The molecule has 2 aromatic rings. The molecule has 0 saturated carbocycles. The smallest absolute Gasteiger partial charge is 0.243 e. The fourth-order valence-corrected chi connectivity index (χ4v) is 3.66. The van der Waals surface area contributed by atoms with Crippen LogP contribution in [0.2, 0.25) is 0 Å². The molecule has 2 rings (SSSR count). The van der Waals surface area contributed by atoms with Gasteiger partial charge in [0.05, 0.1) is 31.7 Å². The van der Waals surface area contributed by atoms with Gasteiger partial charge < -0.3 is 19.5 Å². The molecule has 0 spiro atoms. The van der Waals surface area contributed by atoms with Gasteiger partial charge in [-0.3, -0.25) is 4.79 Å². The van der Waals surface area contributed by atoms with E-state index < -0.39 is 15.9 Å². The number of nitrogens with one attached hydrogen (secondary N) is 1. The molecule has 158 valence electrons. The highest BCUT2D eigenvalue weighted by molar-refractivity contribution is 7.89. The number of likely N-dealkylation sites (N-methyl/N-ethyl adjacent to an activating group) is 1. The average molecular weight is 423 g/mol. The largest absolute Gasteiger partial charge is 0.497 e. The van der Waals surface area contributed by atoms with Gasteiger partial charge in [-0.15, -0.1) is 0 Å². The van der Waals surface area contributed by atoms with Crippen molar-refractivity contribution in [2.75, 3.05) is 34.4 Å². The predicted octanol–water partition coefficient (Wildman–Crippen LogP) is 1.91. The van der Waals surface area contributed by atoms with Gasteiger partial charge in [-0.05, 0) is 43.3 Å². The Bertz CT molecular complexity index is 915. The zero-order valence-corrected chi connectivity index (χ0v) is 17.7. The van der Waals surface area contributed by atoms with Gasteiger partial charge in [-0.2, -0.15) is 4.31 Å². The summed E-state index contributed by atoms with van der Waals surface area (Å²) in [6.07, 6.45) is 0. The first-order valence-electron chi connectivity index (χ1n) is 8.93. The van der Waals surface area contributed by atoms with Crippen molar-refractivity contribution in [3.05, 3.63) is 48.5 Å². The molecule has 0 radical (unpaired) electrons. The molecule has 0 aromatic heterocycles. The van der Waals surface area contributed by atoms with Gasteiger partial charge in [0, 0.05) is 7.05 Å². The molecule has 0 fully saturated rings. The van der Waals surface area contributed by atoms with Gasteiger partial charge >= 0.3 is 0 Å². The van der Waals surface area contributed by atoms with Crippen molar-refractivity contribution in [1.82, 2.24) is 9.62 Å². The first kappa shape index (κ1) is 22.5. The summed E-state index contributed by atoms with van der Waals surface area (Å²) in [4.78, 5) is 12.3. The van der Waals surface area contributed by atoms with Crippen molar-refractivity contribution < 1.29 is 27.4 Å². The van der Waals surface area contributed by atoms with Crippen molar-refractivity contribution in [2.45, 2.75) is 17.9 Å². The van der Waals surface area contributed by atoms with Crippen molar-refractivity contribution >= 4 is 15.9 Å². The maximum atomic E-state index is 12.6. The summed E-state index contributed by atoms with van der Waals surface area (Å²) < 4.78 is 42.1. The average Bonchev–Trinajstić information content (AvgIpc) is 2.72. The Hall–Kier alpha value is -2.78. The van der Waals surface area contributed by atoms with E-state index in [0.29, 0.717) is 17.2 Å². The molecule has 9 heteroatoms. The zero-order chi connectivity index (χ0) is 21.4. The molecule has 1 unspecified atom stereocenters. The number of ether oxygens (including phenoxy) is 3. The summed E-state index contributed by atoms with van der Waals surface area (Å²) in [7, 11) is 0.613. The second-order valence-electron chi connectivity index (χ2n) is 6.37. The Morgan fingerprint density at radius 1 is 1.03 bits per heavy atom. The quantitative estimate of drug-likeness (QED) is 0.629. The molecule has 0 aliphatic heterocycles. The Morgan fingerprint density at radius 3 is 2.24 bits per heavy atom.